The van der Waals surface area contributed by atoms with Crippen LogP contribution in [0.1, 0.15) is 6.42 Å². The van der Waals surface area contributed by atoms with E-state index in [1.165, 1.54) is 12.4 Å². The van der Waals surface area contributed by atoms with E-state index < -0.39 is 4.92 Å². The van der Waals surface area contributed by atoms with E-state index >= 15 is 0 Å². The number of hydrogen-bond acceptors (Lipinski definition) is 6. The molecular weight excluding hydrogens is 336 g/mol. The van der Waals surface area contributed by atoms with Crippen molar-refractivity contribution in [3.8, 4) is 5.69 Å². The van der Waals surface area contributed by atoms with Crippen molar-refractivity contribution in [3.63, 3.8) is 0 Å². The Hall–Kier alpha value is -3.75. The molecule has 0 aliphatic rings. The monoisotopic (exact) mass is 352 g/mol. The SMILES string of the molecule is O=C(CCNc1ccccc1[N+](=O)[O-])Nc1ccc(-n2cncn2)cc1. The highest BCUT2D eigenvalue weighted by Gasteiger charge is 2.12. The summed E-state index contributed by atoms with van der Waals surface area (Å²) in [7, 11) is 0. The maximum absolute atomic E-state index is 12.0. The van der Waals surface area contributed by atoms with Gasteiger partial charge >= 0.3 is 0 Å². The number of hydrogen-bond donors (Lipinski definition) is 2. The molecule has 0 aliphatic heterocycles. The Kier molecular flexibility index (Phi) is 5.18. The number of carbonyl (C=O) groups excluding carboxylic acids is 1. The van der Waals surface area contributed by atoms with E-state index in [0.29, 0.717) is 11.4 Å². The van der Waals surface area contributed by atoms with Gasteiger partial charge in [0, 0.05) is 24.7 Å². The molecule has 0 atom stereocenters. The number of benzene rings is 2. The van der Waals surface area contributed by atoms with E-state index in [4.69, 9.17) is 0 Å². The first-order chi connectivity index (χ1) is 12.6. The van der Waals surface area contributed by atoms with Gasteiger partial charge in [0.05, 0.1) is 10.6 Å². The van der Waals surface area contributed by atoms with Crippen molar-refractivity contribution in [1.82, 2.24) is 14.8 Å². The van der Waals surface area contributed by atoms with Crippen LogP contribution in [0.3, 0.4) is 0 Å². The largest absolute Gasteiger partial charge is 0.379 e. The van der Waals surface area contributed by atoms with Crippen molar-refractivity contribution in [2.75, 3.05) is 17.2 Å². The van der Waals surface area contributed by atoms with Crippen molar-refractivity contribution in [2.24, 2.45) is 0 Å². The Morgan fingerprint density at radius 2 is 1.92 bits per heavy atom. The maximum Gasteiger partial charge on any atom is 0.292 e. The first-order valence-electron chi connectivity index (χ1n) is 7.86. The molecule has 9 nitrogen and oxygen atoms in total. The van der Waals surface area contributed by atoms with Gasteiger partial charge < -0.3 is 10.6 Å². The second-order valence-corrected chi connectivity index (χ2v) is 5.39. The molecule has 0 saturated carbocycles. The van der Waals surface area contributed by atoms with Crippen molar-refractivity contribution < 1.29 is 9.72 Å². The topological polar surface area (TPSA) is 115 Å². The van der Waals surface area contributed by atoms with E-state index in [9.17, 15) is 14.9 Å². The molecule has 3 aromatic rings. The van der Waals surface area contributed by atoms with Crippen LogP contribution in [0.5, 0.6) is 0 Å². The molecule has 2 N–H and O–H groups in total. The third-order valence-corrected chi connectivity index (χ3v) is 3.60. The summed E-state index contributed by atoms with van der Waals surface area (Å²) in [6.45, 7) is 0.285. The molecule has 3 rings (SSSR count). The van der Waals surface area contributed by atoms with Crippen molar-refractivity contribution >= 4 is 23.0 Å². The molecule has 9 heteroatoms. The first-order valence-corrected chi connectivity index (χ1v) is 7.86. The number of nitrogens with zero attached hydrogens (tertiary/aromatic N) is 4. The van der Waals surface area contributed by atoms with Crippen molar-refractivity contribution in [2.45, 2.75) is 6.42 Å². The Balaban J connectivity index is 1.51. The summed E-state index contributed by atoms with van der Waals surface area (Å²) in [6.07, 6.45) is 3.21. The summed E-state index contributed by atoms with van der Waals surface area (Å²) in [6, 6.07) is 13.5. The number of nitrogens with one attached hydrogen (secondary N) is 2. The Morgan fingerprint density at radius 3 is 2.62 bits per heavy atom. The molecule has 132 valence electrons. The fraction of sp³-hybridized carbons (Fsp3) is 0.118. The second-order valence-electron chi connectivity index (χ2n) is 5.39. The lowest BCUT2D eigenvalue weighted by atomic mass is 10.2. The average Bonchev–Trinajstić information content (AvgIpc) is 3.17. The molecule has 0 saturated heterocycles. The molecule has 0 unspecified atom stereocenters. The average molecular weight is 352 g/mol. The number of para-hydroxylation sites is 2. The van der Waals surface area contributed by atoms with Crippen molar-refractivity contribution in [1.29, 1.82) is 0 Å². The van der Waals surface area contributed by atoms with Crippen LogP contribution < -0.4 is 10.6 Å². The predicted octanol–water partition coefficient (Wildman–Crippen LogP) is 2.62. The molecular formula is C17H16N6O3. The van der Waals surface area contributed by atoms with Gasteiger partial charge in [0.2, 0.25) is 5.91 Å². The summed E-state index contributed by atoms with van der Waals surface area (Å²) >= 11 is 0. The van der Waals surface area contributed by atoms with E-state index in [1.807, 2.05) is 12.1 Å². The maximum atomic E-state index is 12.0. The summed E-state index contributed by atoms with van der Waals surface area (Å²) in [5.74, 6) is -0.190. The molecule has 0 fully saturated rings. The minimum atomic E-state index is -0.459. The van der Waals surface area contributed by atoms with Gasteiger partial charge in [-0.1, -0.05) is 12.1 Å². The number of rotatable bonds is 7. The van der Waals surface area contributed by atoms with Crippen LogP contribution >= 0.6 is 0 Å². The van der Waals surface area contributed by atoms with Crippen LogP contribution in [0.4, 0.5) is 17.1 Å². The summed E-state index contributed by atoms with van der Waals surface area (Å²) < 4.78 is 1.61. The highest BCUT2D eigenvalue weighted by atomic mass is 16.6. The van der Waals surface area contributed by atoms with E-state index in [1.54, 1.807) is 41.3 Å². The number of nitro groups is 1. The van der Waals surface area contributed by atoms with E-state index in [2.05, 4.69) is 20.7 Å². The lowest BCUT2D eigenvalue weighted by molar-refractivity contribution is -0.384. The molecule has 1 amide bonds. The number of nitro benzene ring substituents is 1. The van der Waals surface area contributed by atoms with Gasteiger partial charge in [-0.15, -0.1) is 0 Å². The zero-order valence-corrected chi connectivity index (χ0v) is 13.7. The number of carbonyl (C=O) groups is 1. The van der Waals surface area contributed by atoms with Crippen LogP contribution in [0, 0.1) is 10.1 Å². The zero-order chi connectivity index (χ0) is 18.4. The fourth-order valence-electron chi connectivity index (χ4n) is 2.36. The summed E-state index contributed by atoms with van der Waals surface area (Å²) in [4.78, 5) is 26.4. The van der Waals surface area contributed by atoms with Crippen LogP contribution in [0.2, 0.25) is 0 Å². The zero-order valence-electron chi connectivity index (χ0n) is 13.7. The van der Waals surface area contributed by atoms with Gasteiger partial charge in [0.1, 0.15) is 18.3 Å². The van der Waals surface area contributed by atoms with E-state index in [-0.39, 0.29) is 24.6 Å². The molecule has 26 heavy (non-hydrogen) atoms. The quantitative estimate of drug-likeness (QED) is 0.499. The van der Waals surface area contributed by atoms with Crippen LogP contribution in [0.25, 0.3) is 5.69 Å². The minimum absolute atomic E-state index is 0.0170. The van der Waals surface area contributed by atoms with Crippen LogP contribution in [-0.4, -0.2) is 32.1 Å². The van der Waals surface area contributed by atoms with Crippen LogP contribution in [-0.2, 0) is 4.79 Å². The highest BCUT2D eigenvalue weighted by Crippen LogP contribution is 2.23. The number of anilines is 2. The molecule has 1 heterocycles. The minimum Gasteiger partial charge on any atom is -0.379 e. The molecule has 0 aliphatic carbocycles. The third kappa shape index (κ3) is 4.20. The Bertz CT molecular complexity index is 893. The smallest absolute Gasteiger partial charge is 0.292 e. The molecule has 1 aromatic heterocycles. The van der Waals surface area contributed by atoms with Crippen molar-refractivity contribution in [3.05, 3.63) is 71.3 Å². The van der Waals surface area contributed by atoms with Crippen LogP contribution in [0.15, 0.2) is 61.2 Å². The molecule has 0 radical (unpaired) electrons. The van der Waals surface area contributed by atoms with Gasteiger partial charge in [-0.2, -0.15) is 5.10 Å². The number of amides is 1. The van der Waals surface area contributed by atoms with Gasteiger partial charge in [0.25, 0.3) is 5.69 Å². The fourth-order valence-corrected chi connectivity index (χ4v) is 2.36. The van der Waals surface area contributed by atoms with E-state index in [0.717, 1.165) is 5.69 Å². The second kappa shape index (κ2) is 7.88. The summed E-state index contributed by atoms with van der Waals surface area (Å²) in [5.41, 5.74) is 1.86. The van der Waals surface area contributed by atoms with Gasteiger partial charge in [-0.25, -0.2) is 9.67 Å². The summed E-state index contributed by atoms with van der Waals surface area (Å²) in [5, 5.41) is 20.7. The Morgan fingerprint density at radius 1 is 1.15 bits per heavy atom. The predicted molar refractivity (Wildman–Crippen MR) is 96.2 cm³/mol. The van der Waals surface area contributed by atoms with Gasteiger partial charge in [0.15, 0.2) is 0 Å². The van der Waals surface area contributed by atoms with Gasteiger partial charge in [-0.05, 0) is 30.3 Å². The highest BCUT2D eigenvalue weighted by molar-refractivity contribution is 5.91. The normalized spacial score (nSPS) is 10.3. The molecule has 2 aromatic carbocycles. The lowest BCUT2D eigenvalue weighted by Crippen LogP contribution is -2.16. The number of aromatic nitrogens is 3. The third-order valence-electron chi connectivity index (χ3n) is 3.60. The Labute approximate surface area is 148 Å². The standard InChI is InChI=1S/C17H16N6O3/c24-17(9-10-19-15-3-1-2-4-16(15)23(25)26)21-13-5-7-14(8-6-13)22-12-18-11-20-22/h1-8,11-12,19H,9-10H2,(H,21,24). The molecule has 0 bridgehead atoms. The first kappa shape index (κ1) is 17.1. The van der Waals surface area contributed by atoms with Gasteiger partial charge in [-0.3, -0.25) is 14.9 Å². The lowest BCUT2D eigenvalue weighted by Gasteiger charge is -2.08. The molecule has 0 spiro atoms.